The van der Waals surface area contributed by atoms with E-state index in [1.165, 1.54) is 11.0 Å². The van der Waals surface area contributed by atoms with Gasteiger partial charge in [-0.3, -0.25) is 9.59 Å². The summed E-state index contributed by atoms with van der Waals surface area (Å²) in [5.41, 5.74) is -1.41. The number of halogens is 2. The van der Waals surface area contributed by atoms with Crippen LogP contribution in [0.25, 0.3) is 0 Å². The Morgan fingerprint density at radius 2 is 2.00 bits per heavy atom. The van der Waals surface area contributed by atoms with Crippen molar-refractivity contribution in [1.82, 2.24) is 9.80 Å². The van der Waals surface area contributed by atoms with E-state index in [4.69, 9.17) is 4.74 Å². The van der Waals surface area contributed by atoms with E-state index >= 15 is 0 Å². The van der Waals surface area contributed by atoms with Gasteiger partial charge in [-0.1, -0.05) is 19.9 Å². The van der Waals surface area contributed by atoms with Crippen LogP contribution in [0, 0.1) is 17.6 Å². The molecule has 0 saturated carbocycles. The number of nitrogens with zero attached hydrogens (tertiary/aromatic N) is 2. The number of ether oxygens (including phenoxy) is 1. The van der Waals surface area contributed by atoms with E-state index in [1.807, 2.05) is 13.8 Å². The fourth-order valence-electron chi connectivity index (χ4n) is 4.46. The molecule has 0 bridgehead atoms. The molecule has 3 heterocycles. The maximum absolute atomic E-state index is 14.0. The van der Waals surface area contributed by atoms with Gasteiger partial charge in [-0.15, -0.1) is 0 Å². The van der Waals surface area contributed by atoms with E-state index in [9.17, 15) is 18.4 Å². The molecule has 0 aromatic heterocycles. The van der Waals surface area contributed by atoms with Crippen LogP contribution < -0.4 is 0 Å². The number of carbonyl (C=O) groups is 2. The lowest BCUT2D eigenvalue weighted by molar-refractivity contribution is -0.139. The molecule has 134 valence electrons. The monoisotopic (exact) mass is 350 g/mol. The molecule has 1 aromatic rings. The second kappa shape index (κ2) is 5.49. The van der Waals surface area contributed by atoms with Crippen LogP contribution in [0.3, 0.4) is 0 Å². The van der Waals surface area contributed by atoms with Crippen molar-refractivity contribution < 1.29 is 23.1 Å². The second-order valence-corrected chi connectivity index (χ2v) is 7.30. The molecule has 1 spiro atoms. The van der Waals surface area contributed by atoms with Crippen LogP contribution in [-0.4, -0.2) is 52.6 Å². The summed E-state index contributed by atoms with van der Waals surface area (Å²) < 4.78 is 34.1. The normalized spacial score (nSPS) is 31.0. The molecular weight excluding hydrogens is 330 g/mol. The van der Waals surface area contributed by atoms with Crippen molar-refractivity contribution in [2.45, 2.75) is 44.5 Å². The van der Waals surface area contributed by atoms with Crippen LogP contribution in [0.1, 0.15) is 37.0 Å². The van der Waals surface area contributed by atoms with Gasteiger partial charge < -0.3 is 14.5 Å². The first-order chi connectivity index (χ1) is 11.9. The van der Waals surface area contributed by atoms with Crippen LogP contribution in [0.4, 0.5) is 8.78 Å². The van der Waals surface area contributed by atoms with E-state index < -0.39 is 34.9 Å². The molecule has 3 saturated heterocycles. The first kappa shape index (κ1) is 16.4. The van der Waals surface area contributed by atoms with Crippen molar-refractivity contribution in [2.75, 3.05) is 13.2 Å². The van der Waals surface area contributed by atoms with E-state index in [0.29, 0.717) is 19.6 Å². The molecule has 3 aliphatic heterocycles. The Balaban J connectivity index is 1.68. The van der Waals surface area contributed by atoms with Gasteiger partial charge in [0.25, 0.3) is 5.91 Å². The van der Waals surface area contributed by atoms with Crippen LogP contribution in [0.5, 0.6) is 0 Å². The lowest BCUT2D eigenvalue weighted by Crippen LogP contribution is -2.51. The fourth-order valence-corrected chi connectivity index (χ4v) is 4.46. The highest BCUT2D eigenvalue weighted by atomic mass is 19.1. The molecule has 4 rings (SSSR count). The number of benzene rings is 1. The molecule has 5 nitrogen and oxygen atoms in total. The maximum Gasteiger partial charge on any atom is 0.260 e. The molecular formula is C18H20F2N2O3. The minimum atomic E-state index is -0.889. The molecule has 0 radical (unpaired) electrons. The minimum absolute atomic E-state index is 0.0299. The number of amides is 2. The number of hydrogen-bond acceptors (Lipinski definition) is 3. The number of rotatable bonds is 2. The number of carbonyl (C=O) groups excluding carboxylic acids is 2. The lowest BCUT2D eigenvalue weighted by Gasteiger charge is -2.34. The predicted octanol–water partition coefficient (Wildman–Crippen LogP) is 2.16. The highest BCUT2D eigenvalue weighted by Crippen LogP contribution is 2.49. The summed E-state index contributed by atoms with van der Waals surface area (Å²) in [6.07, 6.45) is 0.597. The Morgan fingerprint density at radius 3 is 2.64 bits per heavy atom. The number of likely N-dealkylation sites (tertiary alicyclic amines) is 1. The summed E-state index contributed by atoms with van der Waals surface area (Å²) in [7, 11) is 0. The average Bonchev–Trinajstić information content (AvgIpc) is 3.16. The van der Waals surface area contributed by atoms with E-state index in [0.717, 1.165) is 12.1 Å². The first-order valence-electron chi connectivity index (χ1n) is 8.58. The molecule has 7 heteroatoms. The smallest absolute Gasteiger partial charge is 0.260 e. The van der Waals surface area contributed by atoms with Crippen molar-refractivity contribution in [3.63, 3.8) is 0 Å². The zero-order valence-corrected chi connectivity index (χ0v) is 14.2. The van der Waals surface area contributed by atoms with Gasteiger partial charge in [0.2, 0.25) is 5.91 Å². The van der Waals surface area contributed by atoms with Gasteiger partial charge in [0, 0.05) is 13.0 Å². The minimum Gasteiger partial charge on any atom is -0.351 e. The molecule has 2 amide bonds. The van der Waals surface area contributed by atoms with E-state index in [-0.39, 0.29) is 24.3 Å². The highest BCUT2D eigenvalue weighted by molar-refractivity contribution is 5.96. The van der Waals surface area contributed by atoms with Crippen LogP contribution in [0.15, 0.2) is 18.2 Å². The maximum atomic E-state index is 14.0. The van der Waals surface area contributed by atoms with E-state index in [2.05, 4.69) is 0 Å². The fraction of sp³-hybridized carbons (Fsp3) is 0.556. The summed E-state index contributed by atoms with van der Waals surface area (Å²) in [5.74, 6) is -2.33. The zero-order chi connectivity index (χ0) is 17.9. The topological polar surface area (TPSA) is 49.9 Å². The SMILES string of the molecule is CC(C)[C@@H]1CO[C@@]23CCN(C(=O)c4c(F)cccc4F)[C@@H]2CC(=O)N13. The molecule has 0 N–H and O–H groups in total. The molecule has 1 aromatic carbocycles. The third-order valence-corrected chi connectivity index (χ3v) is 5.69. The highest BCUT2D eigenvalue weighted by Gasteiger charge is 2.65. The summed E-state index contributed by atoms with van der Waals surface area (Å²) in [6, 6.07) is 2.82. The molecule has 0 aliphatic carbocycles. The third-order valence-electron chi connectivity index (χ3n) is 5.69. The van der Waals surface area contributed by atoms with Crippen molar-refractivity contribution in [3.8, 4) is 0 Å². The Bertz CT molecular complexity index is 734. The van der Waals surface area contributed by atoms with Crippen molar-refractivity contribution in [2.24, 2.45) is 5.92 Å². The molecule has 3 atom stereocenters. The van der Waals surface area contributed by atoms with Gasteiger partial charge >= 0.3 is 0 Å². The largest absolute Gasteiger partial charge is 0.351 e. The van der Waals surface area contributed by atoms with Crippen LogP contribution in [0.2, 0.25) is 0 Å². The predicted molar refractivity (Wildman–Crippen MR) is 84.6 cm³/mol. The number of hydrogen-bond donors (Lipinski definition) is 0. The van der Waals surface area contributed by atoms with Crippen LogP contribution >= 0.6 is 0 Å². The van der Waals surface area contributed by atoms with Gasteiger partial charge in [-0.25, -0.2) is 8.78 Å². The Kier molecular flexibility index (Phi) is 3.61. The summed E-state index contributed by atoms with van der Waals surface area (Å²) in [6.45, 7) is 4.79. The van der Waals surface area contributed by atoms with E-state index in [1.54, 1.807) is 4.90 Å². The Morgan fingerprint density at radius 1 is 1.32 bits per heavy atom. The summed E-state index contributed by atoms with van der Waals surface area (Å²) >= 11 is 0. The van der Waals surface area contributed by atoms with Gasteiger partial charge in [-0.2, -0.15) is 0 Å². The molecule has 0 unspecified atom stereocenters. The molecule has 3 aliphatic rings. The van der Waals surface area contributed by atoms with Gasteiger partial charge in [0.1, 0.15) is 17.2 Å². The standard InChI is InChI=1S/C18H20F2N2O3/c1-10(2)13-9-25-18-6-7-21(14(18)8-15(23)22(13)18)17(24)16-11(19)4-3-5-12(16)20/h3-5,10,13-14H,6-9H2,1-2H3/t13-,14+,18-/m0/s1. The van der Waals surface area contributed by atoms with Gasteiger partial charge in [0.05, 0.1) is 25.1 Å². The Hall–Kier alpha value is -2.02. The van der Waals surface area contributed by atoms with Crippen molar-refractivity contribution >= 4 is 11.8 Å². The molecule has 25 heavy (non-hydrogen) atoms. The lowest BCUT2D eigenvalue weighted by atomic mass is 10.0. The molecule has 3 fully saturated rings. The van der Waals surface area contributed by atoms with Crippen molar-refractivity contribution in [3.05, 3.63) is 35.4 Å². The van der Waals surface area contributed by atoms with Gasteiger partial charge in [-0.05, 0) is 18.1 Å². The summed E-state index contributed by atoms with van der Waals surface area (Å²) in [4.78, 5) is 28.6. The summed E-state index contributed by atoms with van der Waals surface area (Å²) in [5, 5.41) is 0. The average molecular weight is 350 g/mol. The Labute approximate surface area is 144 Å². The van der Waals surface area contributed by atoms with Crippen molar-refractivity contribution in [1.29, 1.82) is 0 Å². The van der Waals surface area contributed by atoms with Gasteiger partial charge in [0.15, 0.2) is 5.72 Å². The quantitative estimate of drug-likeness (QED) is 0.821. The first-order valence-corrected chi connectivity index (χ1v) is 8.58. The second-order valence-electron chi connectivity index (χ2n) is 7.30. The third kappa shape index (κ3) is 2.14. The zero-order valence-electron chi connectivity index (χ0n) is 14.2. The van der Waals surface area contributed by atoms with Crippen LogP contribution in [-0.2, 0) is 9.53 Å².